The zero-order valence-electron chi connectivity index (χ0n) is 6.47. The van der Waals surface area contributed by atoms with E-state index in [0.29, 0.717) is 6.42 Å². The molecule has 1 unspecified atom stereocenters. The van der Waals surface area contributed by atoms with Crippen LogP contribution in [0.1, 0.15) is 13.3 Å². The van der Waals surface area contributed by atoms with Gasteiger partial charge in [0, 0.05) is 6.42 Å². The first kappa shape index (κ1) is 8.93. The molecule has 0 amide bonds. The van der Waals surface area contributed by atoms with Gasteiger partial charge in [-0.15, -0.1) is 0 Å². The molecule has 0 aliphatic carbocycles. The van der Waals surface area contributed by atoms with Crippen molar-refractivity contribution in [1.29, 1.82) is 0 Å². The maximum Gasteiger partial charge on any atom is 0.106 e. The molecular weight excluding hydrogens is 148 g/mol. The van der Waals surface area contributed by atoms with Crippen LogP contribution in [0.15, 0.2) is 0 Å². The molecule has 1 fully saturated rings. The molecule has 0 spiro atoms. The molecule has 11 heavy (non-hydrogen) atoms. The zero-order chi connectivity index (χ0) is 8.43. The molecule has 0 bridgehead atoms. The summed E-state index contributed by atoms with van der Waals surface area (Å²) >= 11 is 0. The summed E-state index contributed by atoms with van der Waals surface area (Å²) in [6.45, 7) is 1.57. The fourth-order valence-corrected chi connectivity index (χ4v) is 1.28. The zero-order valence-corrected chi connectivity index (χ0v) is 6.47. The molecule has 3 N–H and O–H groups in total. The molecule has 0 aromatic heterocycles. The molecule has 1 saturated heterocycles. The number of hydrogen-bond acceptors (Lipinski definition) is 4. The molecule has 0 radical (unpaired) electrons. The predicted molar refractivity (Wildman–Crippen MR) is 38.1 cm³/mol. The fourth-order valence-electron chi connectivity index (χ4n) is 1.28. The lowest BCUT2D eigenvalue weighted by Crippen LogP contribution is -2.47. The summed E-state index contributed by atoms with van der Waals surface area (Å²) in [4.78, 5) is 0. The number of hydrogen-bond donors (Lipinski definition) is 3. The van der Waals surface area contributed by atoms with E-state index in [1.54, 1.807) is 6.92 Å². The van der Waals surface area contributed by atoms with Crippen molar-refractivity contribution in [3.8, 4) is 0 Å². The van der Waals surface area contributed by atoms with E-state index in [4.69, 9.17) is 9.84 Å². The van der Waals surface area contributed by atoms with Gasteiger partial charge >= 0.3 is 0 Å². The van der Waals surface area contributed by atoms with Crippen LogP contribution in [0.4, 0.5) is 0 Å². The lowest BCUT2D eigenvalue weighted by atomic mass is 9.99. The Morgan fingerprint density at radius 2 is 2.09 bits per heavy atom. The Hall–Kier alpha value is -0.160. The van der Waals surface area contributed by atoms with E-state index >= 15 is 0 Å². The van der Waals surface area contributed by atoms with Crippen LogP contribution in [0.2, 0.25) is 0 Å². The first-order valence-corrected chi connectivity index (χ1v) is 3.77. The van der Waals surface area contributed by atoms with E-state index in [-0.39, 0.29) is 12.7 Å². The van der Waals surface area contributed by atoms with Gasteiger partial charge < -0.3 is 20.1 Å². The third kappa shape index (κ3) is 1.90. The molecule has 1 aliphatic heterocycles. The van der Waals surface area contributed by atoms with Gasteiger partial charge in [0.25, 0.3) is 0 Å². The van der Waals surface area contributed by atoms with E-state index in [1.807, 2.05) is 0 Å². The highest BCUT2D eigenvalue weighted by Crippen LogP contribution is 2.19. The molecule has 4 heteroatoms. The van der Waals surface area contributed by atoms with Gasteiger partial charge in [0.15, 0.2) is 0 Å². The molecule has 4 atom stereocenters. The van der Waals surface area contributed by atoms with Crippen LogP contribution in [0.3, 0.4) is 0 Å². The van der Waals surface area contributed by atoms with E-state index in [0.717, 1.165) is 0 Å². The summed E-state index contributed by atoms with van der Waals surface area (Å²) in [6, 6.07) is 0. The van der Waals surface area contributed by atoms with E-state index in [9.17, 15) is 10.2 Å². The summed E-state index contributed by atoms with van der Waals surface area (Å²) in [5.41, 5.74) is 0. The molecule has 0 aromatic rings. The van der Waals surface area contributed by atoms with Gasteiger partial charge in [-0.1, -0.05) is 0 Å². The smallest absolute Gasteiger partial charge is 0.106 e. The minimum absolute atomic E-state index is 0.103. The summed E-state index contributed by atoms with van der Waals surface area (Å²) in [5, 5.41) is 27.1. The number of rotatable bonds is 1. The SMILES string of the molecule is C[C@@H]1OC(CO)C[C@H](O)[C@@H]1O. The Morgan fingerprint density at radius 3 is 2.55 bits per heavy atom. The van der Waals surface area contributed by atoms with Crippen LogP contribution >= 0.6 is 0 Å². The predicted octanol–water partition coefficient (Wildman–Crippen LogP) is -1.12. The quantitative estimate of drug-likeness (QED) is 0.456. The van der Waals surface area contributed by atoms with Crippen LogP contribution in [0.25, 0.3) is 0 Å². The monoisotopic (exact) mass is 162 g/mol. The van der Waals surface area contributed by atoms with Crippen molar-refractivity contribution in [2.75, 3.05) is 6.61 Å². The summed E-state index contributed by atoms with van der Waals surface area (Å²) in [6.07, 6.45) is -2.00. The van der Waals surface area contributed by atoms with Gasteiger partial charge in [0.05, 0.1) is 24.9 Å². The van der Waals surface area contributed by atoms with Crippen LogP contribution in [0, 0.1) is 0 Å². The third-order valence-corrected chi connectivity index (χ3v) is 1.99. The summed E-state index contributed by atoms with van der Waals surface area (Å²) < 4.78 is 5.16. The first-order valence-electron chi connectivity index (χ1n) is 3.77. The number of aliphatic hydroxyl groups is 3. The highest BCUT2D eigenvalue weighted by Gasteiger charge is 2.33. The summed E-state index contributed by atoms with van der Waals surface area (Å²) in [7, 11) is 0. The normalized spacial score (nSPS) is 45.8. The van der Waals surface area contributed by atoms with Crippen molar-refractivity contribution in [2.45, 2.75) is 37.8 Å². The molecule has 66 valence electrons. The Labute approximate surface area is 65.4 Å². The largest absolute Gasteiger partial charge is 0.394 e. The second-order valence-corrected chi connectivity index (χ2v) is 2.94. The molecule has 4 nitrogen and oxygen atoms in total. The van der Waals surface area contributed by atoms with Crippen LogP contribution in [-0.4, -0.2) is 46.3 Å². The molecule has 0 saturated carbocycles. The Morgan fingerprint density at radius 1 is 1.45 bits per heavy atom. The van der Waals surface area contributed by atoms with Crippen LogP contribution < -0.4 is 0 Å². The fraction of sp³-hybridized carbons (Fsp3) is 1.00. The average Bonchev–Trinajstić information content (AvgIpc) is 1.99. The number of aliphatic hydroxyl groups excluding tert-OH is 3. The standard InChI is InChI=1S/C7H14O4/c1-4-7(10)6(9)2-5(3-8)11-4/h4-10H,2-3H2,1H3/t4-,5?,6-,7+/m0/s1. The van der Waals surface area contributed by atoms with Gasteiger partial charge in [0.1, 0.15) is 6.10 Å². The van der Waals surface area contributed by atoms with E-state index in [2.05, 4.69) is 0 Å². The molecule has 1 rings (SSSR count). The van der Waals surface area contributed by atoms with Crippen molar-refractivity contribution in [1.82, 2.24) is 0 Å². The van der Waals surface area contributed by atoms with Crippen molar-refractivity contribution in [3.05, 3.63) is 0 Å². The van der Waals surface area contributed by atoms with Gasteiger partial charge in [-0.05, 0) is 6.92 Å². The maximum atomic E-state index is 9.21. The highest BCUT2D eigenvalue weighted by atomic mass is 16.5. The van der Waals surface area contributed by atoms with Crippen molar-refractivity contribution in [2.24, 2.45) is 0 Å². The lowest BCUT2D eigenvalue weighted by Gasteiger charge is -2.34. The lowest BCUT2D eigenvalue weighted by molar-refractivity contribution is -0.170. The first-order chi connectivity index (χ1) is 5.15. The summed E-state index contributed by atoms with van der Waals surface area (Å²) in [5.74, 6) is 0. The topological polar surface area (TPSA) is 69.9 Å². The second-order valence-electron chi connectivity index (χ2n) is 2.94. The minimum Gasteiger partial charge on any atom is -0.394 e. The Bertz CT molecular complexity index is 116. The Kier molecular flexibility index (Phi) is 2.84. The third-order valence-electron chi connectivity index (χ3n) is 1.99. The van der Waals surface area contributed by atoms with Gasteiger partial charge in [0.2, 0.25) is 0 Å². The van der Waals surface area contributed by atoms with Crippen LogP contribution in [0.5, 0.6) is 0 Å². The average molecular weight is 162 g/mol. The second kappa shape index (κ2) is 3.49. The molecule has 1 aliphatic rings. The van der Waals surface area contributed by atoms with Gasteiger partial charge in [-0.2, -0.15) is 0 Å². The van der Waals surface area contributed by atoms with Gasteiger partial charge in [-0.3, -0.25) is 0 Å². The van der Waals surface area contributed by atoms with Crippen molar-refractivity contribution >= 4 is 0 Å². The molecule has 0 aromatic carbocycles. The Balaban J connectivity index is 2.47. The maximum absolute atomic E-state index is 9.21. The van der Waals surface area contributed by atoms with Crippen molar-refractivity contribution < 1.29 is 20.1 Å². The van der Waals surface area contributed by atoms with Crippen LogP contribution in [-0.2, 0) is 4.74 Å². The molecular formula is C7H14O4. The minimum atomic E-state index is -0.821. The molecule has 1 heterocycles. The highest BCUT2D eigenvalue weighted by molar-refractivity contribution is 4.82. The van der Waals surface area contributed by atoms with Crippen molar-refractivity contribution in [3.63, 3.8) is 0 Å². The van der Waals surface area contributed by atoms with E-state index < -0.39 is 18.3 Å². The number of ether oxygens (including phenoxy) is 1. The van der Waals surface area contributed by atoms with Gasteiger partial charge in [-0.25, -0.2) is 0 Å². The van der Waals surface area contributed by atoms with E-state index in [1.165, 1.54) is 0 Å².